The van der Waals surface area contributed by atoms with Crippen LogP contribution in [-0.4, -0.2) is 29.6 Å². The molecule has 2 aliphatic heterocycles. The fourth-order valence-corrected chi connectivity index (χ4v) is 5.00. The monoisotopic (exact) mass is 356 g/mol. The van der Waals surface area contributed by atoms with E-state index in [1.165, 1.54) is 12.1 Å². The highest BCUT2D eigenvalue weighted by molar-refractivity contribution is 5.52. The van der Waals surface area contributed by atoms with E-state index >= 15 is 0 Å². The maximum Gasteiger partial charge on any atom is 0.127 e. The topological polar surface area (TPSA) is 6.48 Å². The molecule has 0 aliphatic carbocycles. The van der Waals surface area contributed by atoms with Gasteiger partial charge in [-0.1, -0.05) is 24.3 Å². The lowest BCUT2D eigenvalue weighted by molar-refractivity contribution is 0.159. The molecular formula is C22H26F2N2. The van der Waals surface area contributed by atoms with Crippen molar-refractivity contribution in [3.63, 3.8) is 0 Å². The van der Waals surface area contributed by atoms with Crippen molar-refractivity contribution in [2.45, 2.75) is 44.8 Å². The van der Waals surface area contributed by atoms with Gasteiger partial charge in [0, 0.05) is 42.5 Å². The number of nitrogens with zero attached hydrogens (tertiary/aromatic N) is 2. The molecule has 2 aromatic rings. The van der Waals surface area contributed by atoms with Crippen molar-refractivity contribution in [1.82, 2.24) is 4.90 Å². The molecule has 2 heterocycles. The van der Waals surface area contributed by atoms with E-state index in [9.17, 15) is 8.78 Å². The van der Waals surface area contributed by atoms with Crippen molar-refractivity contribution in [3.8, 4) is 0 Å². The number of likely N-dealkylation sites (tertiary alicyclic amines) is 1. The first-order valence-corrected chi connectivity index (χ1v) is 9.45. The number of piperidine rings is 1. The first kappa shape index (κ1) is 17.5. The van der Waals surface area contributed by atoms with Crippen LogP contribution in [0.15, 0.2) is 48.5 Å². The summed E-state index contributed by atoms with van der Waals surface area (Å²) in [6.07, 6.45) is 2.10. The maximum absolute atomic E-state index is 14.0. The van der Waals surface area contributed by atoms with Gasteiger partial charge in [-0.3, -0.25) is 4.90 Å². The fourth-order valence-electron chi connectivity index (χ4n) is 5.00. The maximum atomic E-state index is 14.0. The zero-order chi connectivity index (χ0) is 18.3. The third kappa shape index (κ3) is 3.23. The largest absolute Gasteiger partial charge is 0.363 e. The number of rotatable bonds is 3. The summed E-state index contributed by atoms with van der Waals surface area (Å²) in [6, 6.07) is 14.4. The molecule has 2 nitrogen and oxygen atoms in total. The SMILES string of the molecule is CC1(C)C[C@@H]2CN(Cc3ccccc3F)CC[C@@H]2N1c1cccc(F)c1. The van der Waals surface area contributed by atoms with Gasteiger partial charge in [0.2, 0.25) is 0 Å². The van der Waals surface area contributed by atoms with E-state index in [1.807, 2.05) is 18.2 Å². The normalized spacial score (nSPS) is 25.3. The van der Waals surface area contributed by atoms with Crippen LogP contribution < -0.4 is 4.90 Å². The van der Waals surface area contributed by atoms with Crippen LogP contribution in [0.2, 0.25) is 0 Å². The first-order chi connectivity index (χ1) is 12.4. The predicted octanol–water partition coefficient (Wildman–Crippen LogP) is 4.84. The Morgan fingerprint density at radius 2 is 1.88 bits per heavy atom. The van der Waals surface area contributed by atoms with Crippen LogP contribution >= 0.6 is 0 Å². The van der Waals surface area contributed by atoms with E-state index in [1.54, 1.807) is 18.2 Å². The lowest BCUT2D eigenvalue weighted by Crippen LogP contribution is -2.48. The van der Waals surface area contributed by atoms with Crippen molar-refractivity contribution >= 4 is 5.69 Å². The van der Waals surface area contributed by atoms with Crippen molar-refractivity contribution in [2.75, 3.05) is 18.0 Å². The van der Waals surface area contributed by atoms with Crippen LogP contribution in [0, 0.1) is 17.6 Å². The quantitative estimate of drug-likeness (QED) is 0.776. The van der Waals surface area contributed by atoms with Gasteiger partial charge in [-0.05, 0) is 56.9 Å². The highest BCUT2D eigenvalue weighted by Gasteiger charge is 2.48. The Bertz CT molecular complexity index is 789. The minimum Gasteiger partial charge on any atom is -0.363 e. The van der Waals surface area contributed by atoms with E-state index in [4.69, 9.17) is 0 Å². The molecule has 2 atom stereocenters. The van der Waals surface area contributed by atoms with E-state index in [2.05, 4.69) is 23.6 Å². The lowest BCUT2D eigenvalue weighted by Gasteiger charge is -2.42. The molecule has 2 aliphatic rings. The number of hydrogen-bond donors (Lipinski definition) is 0. The van der Waals surface area contributed by atoms with Gasteiger partial charge in [-0.2, -0.15) is 0 Å². The molecule has 26 heavy (non-hydrogen) atoms. The summed E-state index contributed by atoms with van der Waals surface area (Å²) in [5.41, 5.74) is 1.74. The second kappa shape index (κ2) is 6.66. The number of anilines is 1. The number of hydrogen-bond acceptors (Lipinski definition) is 2. The molecule has 0 N–H and O–H groups in total. The standard InChI is InChI=1S/C22H26F2N2/c1-22(2)13-17-15-25(14-16-6-3-4-9-20(16)24)11-10-21(17)26(22)19-8-5-7-18(23)12-19/h3-9,12,17,21H,10-11,13-15H2,1-2H3/t17-,21+/m1/s1. The second-order valence-electron chi connectivity index (χ2n) is 8.31. The van der Waals surface area contributed by atoms with Gasteiger partial charge in [-0.15, -0.1) is 0 Å². The Morgan fingerprint density at radius 3 is 2.65 bits per heavy atom. The van der Waals surface area contributed by atoms with Gasteiger partial charge in [0.05, 0.1) is 0 Å². The Hall–Kier alpha value is -1.94. The predicted molar refractivity (Wildman–Crippen MR) is 101 cm³/mol. The van der Waals surface area contributed by atoms with E-state index < -0.39 is 0 Å². The summed E-state index contributed by atoms with van der Waals surface area (Å²) < 4.78 is 27.8. The van der Waals surface area contributed by atoms with E-state index in [0.29, 0.717) is 18.5 Å². The summed E-state index contributed by atoms with van der Waals surface area (Å²) in [4.78, 5) is 4.78. The molecular weight excluding hydrogens is 330 g/mol. The zero-order valence-electron chi connectivity index (χ0n) is 15.5. The minimum atomic E-state index is -0.182. The van der Waals surface area contributed by atoms with Crippen LogP contribution in [0.3, 0.4) is 0 Å². The average Bonchev–Trinajstić information content (AvgIpc) is 2.86. The average molecular weight is 356 g/mol. The van der Waals surface area contributed by atoms with Gasteiger partial charge in [0.1, 0.15) is 11.6 Å². The molecule has 138 valence electrons. The van der Waals surface area contributed by atoms with Gasteiger partial charge in [-0.25, -0.2) is 8.78 Å². The molecule has 2 saturated heterocycles. The molecule has 0 unspecified atom stereocenters. The minimum absolute atomic E-state index is 0.00284. The van der Waals surface area contributed by atoms with Gasteiger partial charge >= 0.3 is 0 Å². The van der Waals surface area contributed by atoms with E-state index in [0.717, 1.165) is 37.2 Å². The summed E-state index contributed by atoms with van der Waals surface area (Å²) in [5.74, 6) is 0.218. The van der Waals surface area contributed by atoms with Gasteiger partial charge in [0.15, 0.2) is 0 Å². The van der Waals surface area contributed by atoms with Crippen molar-refractivity contribution in [3.05, 3.63) is 65.7 Å². The molecule has 4 heteroatoms. The first-order valence-electron chi connectivity index (χ1n) is 9.45. The number of benzene rings is 2. The van der Waals surface area contributed by atoms with Crippen LogP contribution in [0.1, 0.15) is 32.3 Å². The van der Waals surface area contributed by atoms with Crippen LogP contribution in [-0.2, 0) is 6.54 Å². The number of halogens is 2. The smallest absolute Gasteiger partial charge is 0.127 e. The van der Waals surface area contributed by atoms with Crippen molar-refractivity contribution in [1.29, 1.82) is 0 Å². The third-order valence-electron chi connectivity index (χ3n) is 5.96. The highest BCUT2D eigenvalue weighted by atomic mass is 19.1. The molecule has 0 bridgehead atoms. The Balaban J connectivity index is 1.52. The van der Waals surface area contributed by atoms with Crippen LogP contribution in [0.5, 0.6) is 0 Å². The van der Waals surface area contributed by atoms with Crippen molar-refractivity contribution in [2.24, 2.45) is 5.92 Å². The molecule has 0 aromatic heterocycles. The number of fused-ring (bicyclic) bond motifs is 1. The summed E-state index contributed by atoms with van der Waals surface area (Å²) in [6.45, 7) is 7.07. The van der Waals surface area contributed by atoms with Crippen LogP contribution in [0.25, 0.3) is 0 Å². The van der Waals surface area contributed by atoms with Crippen molar-refractivity contribution < 1.29 is 8.78 Å². The molecule has 0 radical (unpaired) electrons. The van der Waals surface area contributed by atoms with Crippen LogP contribution in [0.4, 0.5) is 14.5 Å². The Kier molecular flexibility index (Phi) is 4.47. The summed E-state index contributed by atoms with van der Waals surface area (Å²) in [7, 11) is 0. The fraction of sp³-hybridized carbons (Fsp3) is 0.455. The Morgan fingerprint density at radius 1 is 1.08 bits per heavy atom. The molecule has 2 aromatic carbocycles. The second-order valence-corrected chi connectivity index (χ2v) is 8.31. The van der Waals surface area contributed by atoms with E-state index in [-0.39, 0.29) is 17.2 Å². The summed E-state index contributed by atoms with van der Waals surface area (Å²) in [5, 5.41) is 0. The summed E-state index contributed by atoms with van der Waals surface area (Å²) >= 11 is 0. The molecule has 0 amide bonds. The molecule has 4 rings (SSSR count). The third-order valence-corrected chi connectivity index (χ3v) is 5.96. The Labute approximate surface area is 154 Å². The zero-order valence-corrected chi connectivity index (χ0v) is 15.5. The highest BCUT2D eigenvalue weighted by Crippen LogP contribution is 2.44. The molecule has 0 saturated carbocycles. The molecule has 0 spiro atoms. The van der Waals surface area contributed by atoms with Gasteiger partial charge in [0.25, 0.3) is 0 Å². The lowest BCUT2D eigenvalue weighted by atomic mass is 9.89. The molecule has 2 fully saturated rings. The van der Waals surface area contributed by atoms with Gasteiger partial charge < -0.3 is 4.90 Å².